The molecule has 0 bridgehead atoms. The zero-order chi connectivity index (χ0) is 16.2. The molecule has 2 atom stereocenters. The molecule has 3 rings (SSSR count). The van der Waals surface area contributed by atoms with Crippen molar-refractivity contribution < 1.29 is 9.59 Å². The van der Waals surface area contributed by atoms with E-state index in [0.29, 0.717) is 10.9 Å². The average Bonchev–Trinajstić information content (AvgIpc) is 2.54. The molecule has 1 aromatic rings. The lowest BCUT2D eigenvalue weighted by Crippen LogP contribution is -2.40. The minimum Gasteiger partial charge on any atom is -0.304 e. The van der Waals surface area contributed by atoms with E-state index in [9.17, 15) is 9.59 Å². The van der Waals surface area contributed by atoms with Crippen molar-refractivity contribution in [2.45, 2.75) is 42.8 Å². The number of aliphatic imine (C=N–C) groups is 1. The molecular weight excluding hydrogens is 328 g/mol. The molecule has 1 aliphatic heterocycles. The summed E-state index contributed by atoms with van der Waals surface area (Å²) >= 11 is 3.05. The zero-order valence-electron chi connectivity index (χ0n) is 13.1. The van der Waals surface area contributed by atoms with Crippen LogP contribution in [0.1, 0.15) is 31.2 Å². The highest BCUT2D eigenvalue weighted by atomic mass is 32.2. The Bertz CT molecular complexity index is 628. The number of rotatable bonds is 3. The first-order valence-corrected chi connectivity index (χ1v) is 9.77. The number of amides is 2. The number of nitrogens with one attached hydrogen (secondary N) is 1. The van der Waals surface area contributed by atoms with Crippen molar-refractivity contribution in [2.24, 2.45) is 10.9 Å². The van der Waals surface area contributed by atoms with Gasteiger partial charge in [-0.2, -0.15) is 4.99 Å². The maximum Gasteiger partial charge on any atom is 0.252 e. The van der Waals surface area contributed by atoms with E-state index in [0.717, 1.165) is 30.6 Å². The first-order valence-electron chi connectivity index (χ1n) is 7.90. The SMILES string of the molecule is Cc1ccc(SCC(=O)NC2=NC(=O)C3CCCCC3S2)cc1. The molecule has 1 saturated carbocycles. The minimum absolute atomic E-state index is 0.0522. The van der Waals surface area contributed by atoms with Gasteiger partial charge in [0, 0.05) is 10.1 Å². The maximum atomic E-state index is 12.1. The van der Waals surface area contributed by atoms with Gasteiger partial charge in [0.2, 0.25) is 5.91 Å². The Morgan fingerprint density at radius 3 is 2.83 bits per heavy atom. The Morgan fingerprint density at radius 2 is 2.04 bits per heavy atom. The number of fused-ring (bicyclic) bond motifs is 1. The molecule has 2 aliphatic rings. The van der Waals surface area contributed by atoms with Gasteiger partial charge in [0.1, 0.15) is 0 Å². The molecule has 0 spiro atoms. The Kier molecular flexibility index (Phi) is 5.43. The molecule has 1 aromatic carbocycles. The summed E-state index contributed by atoms with van der Waals surface area (Å²) in [4.78, 5) is 29.3. The zero-order valence-corrected chi connectivity index (χ0v) is 14.7. The molecule has 1 heterocycles. The molecule has 0 saturated heterocycles. The molecule has 23 heavy (non-hydrogen) atoms. The van der Waals surface area contributed by atoms with Gasteiger partial charge < -0.3 is 5.32 Å². The Hall–Kier alpha value is -1.27. The highest BCUT2D eigenvalue weighted by Gasteiger charge is 2.36. The van der Waals surface area contributed by atoms with Crippen LogP contribution >= 0.6 is 23.5 Å². The van der Waals surface area contributed by atoms with Gasteiger partial charge in [-0.1, -0.05) is 42.3 Å². The lowest BCUT2D eigenvalue weighted by molar-refractivity contribution is -0.122. The summed E-state index contributed by atoms with van der Waals surface area (Å²) in [6.07, 6.45) is 4.24. The summed E-state index contributed by atoms with van der Waals surface area (Å²) in [7, 11) is 0. The minimum atomic E-state index is -0.108. The van der Waals surface area contributed by atoms with E-state index in [2.05, 4.69) is 10.3 Å². The average molecular weight is 348 g/mol. The summed E-state index contributed by atoms with van der Waals surface area (Å²) in [5.74, 6) is 0.209. The van der Waals surface area contributed by atoms with Crippen LogP contribution in [-0.4, -0.2) is 28.0 Å². The number of carbonyl (C=O) groups is 2. The molecule has 1 aliphatic carbocycles. The number of carbonyl (C=O) groups excluding carboxylic acids is 2. The predicted octanol–water partition coefficient (Wildman–Crippen LogP) is 3.39. The van der Waals surface area contributed by atoms with Crippen LogP contribution in [0.15, 0.2) is 34.2 Å². The van der Waals surface area contributed by atoms with E-state index in [1.54, 1.807) is 11.8 Å². The quantitative estimate of drug-likeness (QED) is 0.851. The molecule has 2 amide bonds. The fraction of sp³-hybridized carbons (Fsp3) is 0.471. The third-order valence-corrected chi connectivity index (χ3v) is 6.43. The molecule has 122 valence electrons. The van der Waals surface area contributed by atoms with Crippen LogP contribution in [-0.2, 0) is 9.59 Å². The van der Waals surface area contributed by atoms with Crippen molar-refractivity contribution >= 4 is 40.5 Å². The second kappa shape index (κ2) is 7.53. The smallest absolute Gasteiger partial charge is 0.252 e. The monoisotopic (exact) mass is 348 g/mol. The van der Waals surface area contributed by atoms with E-state index >= 15 is 0 Å². The van der Waals surface area contributed by atoms with Crippen LogP contribution < -0.4 is 5.32 Å². The highest BCUT2D eigenvalue weighted by molar-refractivity contribution is 8.14. The van der Waals surface area contributed by atoms with Crippen LogP contribution in [0.25, 0.3) is 0 Å². The van der Waals surface area contributed by atoms with Crippen LogP contribution in [0.2, 0.25) is 0 Å². The van der Waals surface area contributed by atoms with Gasteiger partial charge in [0.15, 0.2) is 5.17 Å². The molecule has 6 heteroatoms. The van der Waals surface area contributed by atoms with Gasteiger partial charge in [-0.25, -0.2) is 0 Å². The van der Waals surface area contributed by atoms with Crippen molar-refractivity contribution in [1.82, 2.24) is 5.32 Å². The van der Waals surface area contributed by atoms with Crippen molar-refractivity contribution in [3.8, 4) is 0 Å². The number of aryl methyl sites for hydroxylation is 1. The third kappa shape index (κ3) is 4.38. The van der Waals surface area contributed by atoms with Gasteiger partial charge in [0.25, 0.3) is 5.91 Å². The summed E-state index contributed by atoms with van der Waals surface area (Å²) in [5.41, 5.74) is 1.20. The van der Waals surface area contributed by atoms with Gasteiger partial charge in [-0.15, -0.1) is 11.8 Å². The first kappa shape index (κ1) is 16.6. The van der Waals surface area contributed by atoms with Gasteiger partial charge >= 0.3 is 0 Å². The van der Waals surface area contributed by atoms with Crippen molar-refractivity contribution in [2.75, 3.05) is 5.75 Å². The summed E-state index contributed by atoms with van der Waals surface area (Å²) in [5, 5.41) is 3.56. The van der Waals surface area contributed by atoms with E-state index in [1.165, 1.54) is 17.3 Å². The number of hydrogen-bond donors (Lipinski definition) is 1. The third-order valence-electron chi connectivity index (χ3n) is 4.13. The van der Waals surface area contributed by atoms with Gasteiger partial charge in [-0.3, -0.25) is 9.59 Å². The van der Waals surface area contributed by atoms with E-state index < -0.39 is 0 Å². The Morgan fingerprint density at radius 1 is 1.30 bits per heavy atom. The number of nitrogens with zero attached hydrogens (tertiary/aromatic N) is 1. The highest BCUT2D eigenvalue weighted by Crippen LogP contribution is 2.37. The Labute approximate surface area is 144 Å². The molecule has 1 fully saturated rings. The topological polar surface area (TPSA) is 58.5 Å². The second-order valence-electron chi connectivity index (χ2n) is 5.95. The standard InChI is InChI=1S/C17H20N2O2S2/c1-11-6-8-12(9-7-11)22-10-15(20)18-17-19-16(21)13-4-2-3-5-14(13)23-17/h6-9,13-14H,2-5,10H2,1H3,(H,18,19,20,21). The molecule has 0 aromatic heterocycles. The van der Waals surface area contributed by atoms with Crippen LogP contribution in [0.3, 0.4) is 0 Å². The molecular formula is C17H20N2O2S2. The summed E-state index contributed by atoms with van der Waals surface area (Å²) in [6.45, 7) is 2.04. The van der Waals surface area contributed by atoms with Crippen LogP contribution in [0.4, 0.5) is 0 Å². The number of thioether (sulfide) groups is 2. The van der Waals surface area contributed by atoms with Crippen LogP contribution in [0.5, 0.6) is 0 Å². The van der Waals surface area contributed by atoms with E-state index in [-0.39, 0.29) is 23.0 Å². The molecule has 1 N–H and O–H groups in total. The summed E-state index contributed by atoms with van der Waals surface area (Å²) < 4.78 is 0. The lowest BCUT2D eigenvalue weighted by Gasteiger charge is -2.32. The van der Waals surface area contributed by atoms with E-state index in [1.807, 2.05) is 31.2 Å². The van der Waals surface area contributed by atoms with Crippen molar-refractivity contribution in [3.05, 3.63) is 29.8 Å². The molecule has 2 unspecified atom stereocenters. The number of benzene rings is 1. The van der Waals surface area contributed by atoms with Crippen molar-refractivity contribution in [3.63, 3.8) is 0 Å². The maximum absolute atomic E-state index is 12.1. The molecule has 0 radical (unpaired) electrons. The molecule has 4 nitrogen and oxygen atoms in total. The number of hydrogen-bond acceptors (Lipinski definition) is 4. The first-order chi connectivity index (χ1) is 11.1. The second-order valence-corrected chi connectivity index (χ2v) is 8.23. The fourth-order valence-corrected chi connectivity index (χ4v) is 4.87. The largest absolute Gasteiger partial charge is 0.304 e. The van der Waals surface area contributed by atoms with E-state index in [4.69, 9.17) is 0 Å². The Balaban J connectivity index is 1.53. The normalized spacial score (nSPS) is 23.9. The van der Waals surface area contributed by atoms with Gasteiger partial charge in [-0.05, 0) is 31.9 Å². The van der Waals surface area contributed by atoms with Gasteiger partial charge in [0.05, 0.1) is 11.7 Å². The fourth-order valence-electron chi connectivity index (χ4n) is 2.87. The lowest BCUT2D eigenvalue weighted by atomic mass is 9.88. The summed E-state index contributed by atoms with van der Waals surface area (Å²) in [6, 6.07) is 8.08. The number of amidine groups is 1. The van der Waals surface area contributed by atoms with Crippen molar-refractivity contribution in [1.29, 1.82) is 0 Å². The van der Waals surface area contributed by atoms with Crippen LogP contribution in [0, 0.1) is 12.8 Å². The predicted molar refractivity (Wildman–Crippen MR) is 95.8 cm³/mol.